The highest BCUT2D eigenvalue weighted by Gasteiger charge is 2.69. The molecule has 9 heteroatoms. The van der Waals surface area contributed by atoms with Crippen LogP contribution in [-0.2, 0) is 32.8 Å². The van der Waals surface area contributed by atoms with Gasteiger partial charge in [-0.05, 0) is 49.6 Å². The first-order valence-corrected chi connectivity index (χ1v) is 10.9. The van der Waals surface area contributed by atoms with Crippen LogP contribution in [0.1, 0.15) is 49.6 Å². The Bertz CT molecular complexity index is 1230. The van der Waals surface area contributed by atoms with Crippen LogP contribution >= 0.6 is 0 Å². The SMILES string of the molecule is C[C@@H](Oc1ccc2ncc3c(c2c1)CCOC3)c1cn(C23CC(C)(C2)OC3C(N)=O)nn1. The number of aromatic nitrogens is 4. The lowest BCUT2D eigenvalue weighted by Crippen LogP contribution is -2.54. The average molecular weight is 435 g/mol. The van der Waals surface area contributed by atoms with Gasteiger partial charge in [0.2, 0.25) is 5.91 Å². The third-order valence-electron chi connectivity index (χ3n) is 7.00. The topological polar surface area (TPSA) is 114 Å². The summed E-state index contributed by atoms with van der Waals surface area (Å²) < 4.78 is 19.4. The van der Waals surface area contributed by atoms with Crippen LogP contribution in [0, 0.1) is 0 Å². The van der Waals surface area contributed by atoms with Crippen LogP contribution in [0.15, 0.2) is 30.6 Å². The van der Waals surface area contributed by atoms with Crippen LogP contribution in [-0.4, -0.2) is 44.2 Å². The van der Waals surface area contributed by atoms with E-state index < -0.39 is 17.6 Å². The number of carbonyl (C=O) groups excluding carboxylic acids is 1. The first-order valence-electron chi connectivity index (χ1n) is 10.9. The minimum atomic E-state index is -0.693. The number of nitrogens with zero attached hydrogens (tertiary/aromatic N) is 4. The molecule has 9 nitrogen and oxygen atoms in total. The lowest BCUT2D eigenvalue weighted by Gasteiger charge is -2.42. The highest BCUT2D eigenvalue weighted by atomic mass is 16.5. The van der Waals surface area contributed by atoms with E-state index >= 15 is 0 Å². The molecule has 5 heterocycles. The molecular weight excluding hydrogens is 410 g/mol. The maximum atomic E-state index is 11.9. The van der Waals surface area contributed by atoms with Gasteiger partial charge < -0.3 is 19.9 Å². The standard InChI is InChI=1S/C23H25N5O4/c1-13(19-9-28(27-26-19)23-11-22(2,12-23)32-20(23)21(24)29)31-15-3-4-18-17(7-15)16-5-6-30-10-14(16)8-25-18/h3-4,7-9,13,20H,5-6,10-12H2,1-2H3,(H2,24,29)/t13-,20?,22?,23?/m1/s1. The summed E-state index contributed by atoms with van der Waals surface area (Å²) in [6.45, 7) is 5.24. The molecule has 2 bridgehead atoms. The van der Waals surface area contributed by atoms with E-state index in [1.165, 1.54) is 5.56 Å². The molecule has 1 aliphatic carbocycles. The smallest absolute Gasteiger partial charge is 0.249 e. The third-order valence-corrected chi connectivity index (χ3v) is 7.00. The van der Waals surface area contributed by atoms with Crippen molar-refractivity contribution in [1.82, 2.24) is 20.0 Å². The van der Waals surface area contributed by atoms with Gasteiger partial charge in [-0.25, -0.2) is 4.68 Å². The predicted octanol–water partition coefficient (Wildman–Crippen LogP) is 2.17. The predicted molar refractivity (Wildman–Crippen MR) is 114 cm³/mol. The van der Waals surface area contributed by atoms with Crippen molar-refractivity contribution in [2.24, 2.45) is 5.73 Å². The Morgan fingerprint density at radius 3 is 3.03 bits per heavy atom. The number of ether oxygens (including phenoxy) is 3. The quantitative estimate of drug-likeness (QED) is 0.653. The summed E-state index contributed by atoms with van der Waals surface area (Å²) >= 11 is 0. The van der Waals surface area contributed by atoms with Gasteiger partial charge in [0, 0.05) is 24.4 Å². The number of fused-ring (bicyclic) bond motifs is 4. The molecule has 166 valence electrons. The summed E-state index contributed by atoms with van der Waals surface area (Å²) in [5, 5.41) is 9.74. The van der Waals surface area contributed by atoms with Crippen molar-refractivity contribution < 1.29 is 19.0 Å². The van der Waals surface area contributed by atoms with Gasteiger partial charge in [0.05, 0.1) is 30.5 Å². The fraction of sp³-hybridized carbons (Fsp3) is 0.478. The zero-order valence-corrected chi connectivity index (χ0v) is 18.1. The Morgan fingerprint density at radius 2 is 2.22 bits per heavy atom. The molecule has 1 unspecified atom stereocenters. The summed E-state index contributed by atoms with van der Waals surface area (Å²) in [5.41, 5.74) is 8.76. The van der Waals surface area contributed by atoms with Gasteiger partial charge in [0.25, 0.3) is 0 Å². The highest BCUT2D eigenvalue weighted by molar-refractivity contribution is 5.84. The minimum Gasteiger partial charge on any atom is -0.484 e. The van der Waals surface area contributed by atoms with Gasteiger partial charge in [-0.3, -0.25) is 9.78 Å². The number of hydrogen-bond donors (Lipinski definition) is 1. The van der Waals surface area contributed by atoms with Crippen LogP contribution in [0.4, 0.5) is 0 Å². The van der Waals surface area contributed by atoms with Gasteiger partial charge >= 0.3 is 0 Å². The fourth-order valence-corrected chi connectivity index (χ4v) is 5.57. The number of benzene rings is 1. The molecule has 2 N–H and O–H groups in total. The summed E-state index contributed by atoms with van der Waals surface area (Å²) in [4.78, 5) is 16.5. The van der Waals surface area contributed by atoms with E-state index in [0.717, 1.165) is 28.6 Å². The number of amides is 1. The van der Waals surface area contributed by atoms with Crippen molar-refractivity contribution in [2.45, 2.75) is 63.1 Å². The van der Waals surface area contributed by atoms with Gasteiger partial charge in [0.15, 0.2) is 6.10 Å². The lowest BCUT2D eigenvalue weighted by atomic mass is 9.67. The van der Waals surface area contributed by atoms with E-state index in [1.54, 1.807) is 4.68 Å². The van der Waals surface area contributed by atoms with Crippen molar-refractivity contribution in [1.29, 1.82) is 0 Å². The van der Waals surface area contributed by atoms with Crippen molar-refractivity contribution >= 4 is 16.8 Å². The van der Waals surface area contributed by atoms with Gasteiger partial charge in [-0.15, -0.1) is 5.10 Å². The maximum Gasteiger partial charge on any atom is 0.249 e. The Morgan fingerprint density at radius 1 is 1.38 bits per heavy atom. The van der Waals surface area contributed by atoms with Gasteiger partial charge in [-0.1, -0.05) is 5.21 Å². The zero-order valence-electron chi connectivity index (χ0n) is 18.1. The Labute approximate surface area is 184 Å². The molecule has 7 rings (SSSR count). The Balaban J connectivity index is 1.26. The molecule has 4 aliphatic rings. The zero-order chi connectivity index (χ0) is 22.1. The monoisotopic (exact) mass is 435 g/mol. The molecule has 0 radical (unpaired) electrons. The highest BCUT2D eigenvalue weighted by Crippen LogP contribution is 2.59. The van der Waals surface area contributed by atoms with Crippen molar-refractivity contribution in [3.63, 3.8) is 0 Å². The Kier molecular flexibility index (Phi) is 4.13. The summed E-state index contributed by atoms with van der Waals surface area (Å²) in [6, 6.07) is 5.94. The van der Waals surface area contributed by atoms with E-state index in [2.05, 4.69) is 15.3 Å². The van der Waals surface area contributed by atoms with E-state index in [-0.39, 0.29) is 11.7 Å². The summed E-state index contributed by atoms with van der Waals surface area (Å²) in [7, 11) is 0. The van der Waals surface area contributed by atoms with E-state index in [4.69, 9.17) is 19.9 Å². The molecule has 32 heavy (non-hydrogen) atoms. The van der Waals surface area contributed by atoms with E-state index in [0.29, 0.717) is 31.7 Å². The van der Waals surface area contributed by atoms with Crippen molar-refractivity contribution in [3.8, 4) is 5.75 Å². The molecule has 1 saturated carbocycles. The van der Waals surface area contributed by atoms with Crippen LogP contribution in [0.5, 0.6) is 5.75 Å². The van der Waals surface area contributed by atoms with Crippen LogP contribution < -0.4 is 10.5 Å². The maximum absolute atomic E-state index is 11.9. The van der Waals surface area contributed by atoms with Crippen molar-refractivity contribution in [2.75, 3.05) is 6.61 Å². The Hall–Kier alpha value is -3.04. The number of nitrogens with two attached hydrogens (primary N) is 1. The largest absolute Gasteiger partial charge is 0.484 e. The molecule has 0 spiro atoms. The van der Waals surface area contributed by atoms with E-state index in [1.807, 2.05) is 44.4 Å². The lowest BCUT2D eigenvalue weighted by molar-refractivity contribution is -0.130. The number of pyridine rings is 1. The summed E-state index contributed by atoms with van der Waals surface area (Å²) in [6.07, 6.45) is 4.98. The molecule has 1 aromatic carbocycles. The fourth-order valence-electron chi connectivity index (χ4n) is 5.57. The number of primary amides is 1. The third kappa shape index (κ3) is 2.84. The molecule has 2 atom stereocenters. The van der Waals surface area contributed by atoms with Gasteiger partial charge in [-0.2, -0.15) is 0 Å². The van der Waals surface area contributed by atoms with Crippen LogP contribution in [0.3, 0.4) is 0 Å². The average Bonchev–Trinajstić information content (AvgIpc) is 3.44. The molecule has 2 aromatic heterocycles. The van der Waals surface area contributed by atoms with Crippen molar-refractivity contribution in [3.05, 3.63) is 47.4 Å². The molecule has 1 amide bonds. The normalized spacial score (nSPS) is 29.4. The van der Waals surface area contributed by atoms with Crippen LogP contribution in [0.25, 0.3) is 10.9 Å². The first kappa shape index (κ1) is 19.6. The molecular formula is C23H25N5O4. The second-order valence-electron chi connectivity index (χ2n) is 9.40. The first-order chi connectivity index (χ1) is 15.4. The molecule has 3 aliphatic heterocycles. The number of hydrogen-bond acceptors (Lipinski definition) is 7. The number of carbonyl (C=O) groups is 1. The second-order valence-corrected chi connectivity index (χ2v) is 9.40. The molecule has 3 fully saturated rings. The van der Waals surface area contributed by atoms with Gasteiger partial charge in [0.1, 0.15) is 23.1 Å². The second kappa shape index (κ2) is 6.73. The molecule has 2 saturated heterocycles. The number of rotatable bonds is 5. The molecule has 3 aromatic rings. The van der Waals surface area contributed by atoms with Crippen LogP contribution in [0.2, 0.25) is 0 Å². The summed E-state index contributed by atoms with van der Waals surface area (Å²) in [5.74, 6) is 0.279. The van der Waals surface area contributed by atoms with E-state index in [9.17, 15) is 4.79 Å². The minimum absolute atomic E-state index is 0.322.